The monoisotopic (exact) mass is 331 g/mol. The lowest BCUT2D eigenvalue weighted by Gasteiger charge is -2.02. The first-order valence-corrected chi connectivity index (χ1v) is 5.54. The fourth-order valence-corrected chi connectivity index (χ4v) is 1.46. The molecule has 0 fully saturated rings. The van der Waals surface area contributed by atoms with Gasteiger partial charge >= 0.3 is 0 Å². The minimum absolute atomic E-state index is 0.214. The van der Waals surface area contributed by atoms with Crippen LogP contribution in [0.1, 0.15) is 5.69 Å². The van der Waals surface area contributed by atoms with Gasteiger partial charge in [0.15, 0.2) is 5.82 Å². The number of nitrogens with zero attached hydrogens (tertiary/aromatic N) is 2. The highest BCUT2D eigenvalue weighted by atomic mass is 127. The van der Waals surface area contributed by atoms with Crippen LogP contribution < -0.4 is 5.56 Å². The maximum Gasteiger partial charge on any atom is 0.264 e. The van der Waals surface area contributed by atoms with Gasteiger partial charge in [-0.05, 0) is 41.6 Å². The molecule has 16 heavy (non-hydrogen) atoms. The number of hydrogen-bond donors (Lipinski definition) is 1. The second-order valence-electron chi connectivity index (χ2n) is 3.18. The molecular weight excluding hydrogens is 324 g/mol. The Morgan fingerprint density at radius 3 is 2.75 bits per heavy atom. The molecule has 6 heteroatoms. The molecule has 2 rings (SSSR count). The van der Waals surface area contributed by atoms with Crippen molar-refractivity contribution >= 4 is 22.6 Å². The van der Waals surface area contributed by atoms with Crippen LogP contribution in [0.25, 0.3) is 11.5 Å². The number of H-pyrrole nitrogens is 1. The van der Waals surface area contributed by atoms with E-state index in [1.807, 2.05) is 22.6 Å². The summed E-state index contributed by atoms with van der Waals surface area (Å²) in [5.41, 5.74) is 0.859. The first-order chi connectivity index (χ1) is 7.58. The van der Waals surface area contributed by atoms with E-state index in [1.54, 1.807) is 6.92 Å². The highest BCUT2D eigenvalue weighted by molar-refractivity contribution is 14.1. The highest BCUT2D eigenvalue weighted by Crippen LogP contribution is 2.12. The largest absolute Gasteiger partial charge is 0.304 e. The van der Waals surface area contributed by atoms with E-state index < -0.39 is 5.82 Å². The fraction of sp³-hybridized carbons (Fsp3) is 0.100. The van der Waals surface area contributed by atoms with Crippen molar-refractivity contribution in [2.45, 2.75) is 6.92 Å². The first kappa shape index (κ1) is 11.2. The topological polar surface area (TPSA) is 58.6 Å². The van der Waals surface area contributed by atoms with Crippen LogP contribution >= 0.6 is 22.6 Å². The number of pyridine rings is 1. The molecule has 2 heterocycles. The maximum atomic E-state index is 12.7. The van der Waals surface area contributed by atoms with Gasteiger partial charge in [0, 0.05) is 0 Å². The molecule has 1 N–H and O–H groups in total. The third-order valence-electron chi connectivity index (χ3n) is 2.00. The van der Waals surface area contributed by atoms with Crippen LogP contribution in [0.5, 0.6) is 0 Å². The molecule has 0 unspecified atom stereocenters. The summed E-state index contributed by atoms with van der Waals surface area (Å²) in [5, 5.41) is 0. The Hall–Kier alpha value is -1.31. The quantitative estimate of drug-likeness (QED) is 0.812. The normalized spacial score (nSPS) is 10.4. The Morgan fingerprint density at radius 2 is 2.19 bits per heavy atom. The molecule has 2 aromatic rings. The fourth-order valence-electron chi connectivity index (χ4n) is 1.21. The molecule has 0 amide bonds. The van der Waals surface area contributed by atoms with Gasteiger partial charge in [0.05, 0.1) is 15.5 Å². The lowest BCUT2D eigenvalue weighted by Crippen LogP contribution is -2.14. The Balaban J connectivity index is 2.57. The van der Waals surface area contributed by atoms with Gasteiger partial charge in [0.2, 0.25) is 0 Å². The van der Waals surface area contributed by atoms with Crippen molar-refractivity contribution in [3.05, 3.63) is 43.8 Å². The lowest BCUT2D eigenvalue weighted by atomic mass is 10.3. The summed E-state index contributed by atoms with van der Waals surface area (Å²) in [5.74, 6) is -0.0729. The number of rotatable bonds is 1. The van der Waals surface area contributed by atoms with Crippen LogP contribution in [0.15, 0.2) is 23.1 Å². The summed E-state index contributed by atoms with van der Waals surface area (Å²) in [4.78, 5) is 22.1. The van der Waals surface area contributed by atoms with Crippen LogP contribution in [0.3, 0.4) is 0 Å². The minimum atomic E-state index is -0.423. The Kier molecular flexibility index (Phi) is 2.99. The van der Waals surface area contributed by atoms with E-state index in [4.69, 9.17) is 0 Å². The molecule has 4 nitrogen and oxygen atoms in total. The number of aromatic nitrogens is 3. The third kappa shape index (κ3) is 2.11. The van der Waals surface area contributed by atoms with Crippen molar-refractivity contribution in [1.82, 2.24) is 15.0 Å². The van der Waals surface area contributed by atoms with Crippen molar-refractivity contribution < 1.29 is 4.39 Å². The molecule has 0 radical (unpaired) electrons. The van der Waals surface area contributed by atoms with E-state index in [2.05, 4.69) is 15.0 Å². The summed E-state index contributed by atoms with van der Waals surface area (Å²) in [6.07, 6.45) is 1.09. The zero-order valence-electron chi connectivity index (χ0n) is 8.29. The predicted octanol–water partition coefficient (Wildman–Crippen LogP) is 1.88. The zero-order valence-corrected chi connectivity index (χ0v) is 10.4. The average molecular weight is 331 g/mol. The van der Waals surface area contributed by atoms with Gasteiger partial charge in [-0.3, -0.25) is 4.79 Å². The van der Waals surface area contributed by atoms with Crippen molar-refractivity contribution in [3.63, 3.8) is 0 Å². The van der Waals surface area contributed by atoms with E-state index in [0.717, 1.165) is 6.20 Å². The SMILES string of the molecule is Cc1nc(-c2ccc(F)cn2)[nH]c(=O)c1I. The Bertz CT molecular complexity index is 580. The van der Waals surface area contributed by atoms with Gasteiger partial charge < -0.3 is 4.98 Å². The molecule has 0 saturated heterocycles. The van der Waals surface area contributed by atoms with E-state index in [1.165, 1.54) is 12.1 Å². The van der Waals surface area contributed by atoms with Crippen molar-refractivity contribution in [3.8, 4) is 11.5 Å². The molecule has 2 aromatic heterocycles. The number of aromatic amines is 1. The summed E-state index contributed by atoms with van der Waals surface area (Å²) in [7, 11) is 0. The molecule has 0 atom stereocenters. The van der Waals surface area contributed by atoms with Gasteiger partial charge in [-0.15, -0.1) is 0 Å². The van der Waals surface area contributed by atoms with Gasteiger partial charge in [0.1, 0.15) is 11.5 Å². The van der Waals surface area contributed by atoms with Crippen molar-refractivity contribution in [2.24, 2.45) is 0 Å². The number of hydrogen-bond acceptors (Lipinski definition) is 3. The molecule has 0 bridgehead atoms. The van der Waals surface area contributed by atoms with Gasteiger partial charge in [-0.25, -0.2) is 14.4 Å². The molecule has 0 aliphatic carbocycles. The second-order valence-corrected chi connectivity index (χ2v) is 4.25. The molecule has 0 aliphatic rings. The molecule has 0 aliphatic heterocycles. The van der Waals surface area contributed by atoms with Crippen LogP contribution in [0.2, 0.25) is 0 Å². The summed E-state index contributed by atoms with van der Waals surface area (Å²) in [6, 6.07) is 2.75. The second kappa shape index (κ2) is 4.28. The number of aryl methyl sites for hydroxylation is 1. The molecular formula is C10H7FIN3O. The zero-order chi connectivity index (χ0) is 11.7. The molecule has 0 spiro atoms. The van der Waals surface area contributed by atoms with E-state index in [0.29, 0.717) is 20.8 Å². The van der Waals surface area contributed by atoms with Crippen molar-refractivity contribution in [1.29, 1.82) is 0 Å². The molecule has 0 saturated carbocycles. The first-order valence-electron chi connectivity index (χ1n) is 4.46. The van der Waals surface area contributed by atoms with E-state index in [9.17, 15) is 9.18 Å². The third-order valence-corrected chi connectivity index (χ3v) is 3.27. The minimum Gasteiger partial charge on any atom is -0.304 e. The highest BCUT2D eigenvalue weighted by Gasteiger charge is 2.07. The van der Waals surface area contributed by atoms with Crippen LogP contribution in [0.4, 0.5) is 4.39 Å². The summed E-state index contributed by atoms with van der Waals surface area (Å²) < 4.78 is 13.2. The van der Waals surface area contributed by atoms with Gasteiger partial charge in [0.25, 0.3) is 5.56 Å². The molecule has 82 valence electrons. The Morgan fingerprint density at radius 1 is 1.44 bits per heavy atom. The average Bonchev–Trinajstić information content (AvgIpc) is 2.26. The van der Waals surface area contributed by atoms with Crippen LogP contribution in [-0.4, -0.2) is 15.0 Å². The Labute approximate surface area is 104 Å². The van der Waals surface area contributed by atoms with E-state index >= 15 is 0 Å². The van der Waals surface area contributed by atoms with Crippen LogP contribution in [0, 0.1) is 16.3 Å². The standard InChI is InChI=1S/C10H7FIN3O/c1-5-8(12)10(16)15-9(14-5)7-3-2-6(11)4-13-7/h2-4H,1H3,(H,14,15,16). The smallest absolute Gasteiger partial charge is 0.264 e. The predicted molar refractivity (Wildman–Crippen MR) is 65.5 cm³/mol. The molecule has 0 aromatic carbocycles. The lowest BCUT2D eigenvalue weighted by molar-refractivity contribution is 0.621. The van der Waals surface area contributed by atoms with Gasteiger partial charge in [-0.1, -0.05) is 0 Å². The maximum absolute atomic E-state index is 12.7. The summed E-state index contributed by atoms with van der Waals surface area (Å²) >= 11 is 1.92. The summed E-state index contributed by atoms with van der Waals surface area (Å²) in [6.45, 7) is 1.74. The van der Waals surface area contributed by atoms with Gasteiger partial charge in [-0.2, -0.15) is 0 Å². The van der Waals surface area contributed by atoms with Crippen LogP contribution in [-0.2, 0) is 0 Å². The van der Waals surface area contributed by atoms with Crippen molar-refractivity contribution in [2.75, 3.05) is 0 Å². The van der Waals surface area contributed by atoms with E-state index in [-0.39, 0.29) is 5.56 Å². The number of halogens is 2. The number of nitrogens with one attached hydrogen (secondary N) is 1.